The first-order valence-electron chi connectivity index (χ1n) is 3.33. The van der Waals surface area contributed by atoms with Gasteiger partial charge in [-0.1, -0.05) is 6.92 Å². The Morgan fingerprint density at radius 2 is 2.56 bits per heavy atom. The maximum Gasteiger partial charge on any atom is 0.0524 e. The molecule has 1 saturated carbocycles. The Morgan fingerprint density at radius 1 is 1.78 bits per heavy atom. The summed E-state index contributed by atoms with van der Waals surface area (Å²) >= 11 is 0. The number of nitroso groups, excluding NO2 is 1. The van der Waals surface area contributed by atoms with Gasteiger partial charge in [-0.25, -0.2) is 0 Å². The molecule has 1 saturated heterocycles. The van der Waals surface area contributed by atoms with Crippen molar-refractivity contribution in [2.45, 2.75) is 13.3 Å². The summed E-state index contributed by atoms with van der Waals surface area (Å²) in [7, 11) is 0. The minimum Gasteiger partial charge on any atom is -0.260 e. The van der Waals surface area contributed by atoms with Crippen molar-refractivity contribution in [1.82, 2.24) is 5.01 Å². The van der Waals surface area contributed by atoms with Crippen molar-refractivity contribution in [2.75, 3.05) is 13.1 Å². The maximum absolute atomic E-state index is 9.99. The highest BCUT2D eigenvalue weighted by molar-refractivity contribution is 5.06. The second kappa shape index (κ2) is 1.28. The molecule has 2 atom stereocenters. The Kier molecular flexibility index (Phi) is 0.739. The summed E-state index contributed by atoms with van der Waals surface area (Å²) in [5, 5.41) is 4.53. The van der Waals surface area contributed by atoms with E-state index in [1.807, 2.05) is 0 Å². The van der Waals surface area contributed by atoms with Crippen LogP contribution in [0, 0.1) is 16.2 Å². The number of nitrogens with zero attached hydrogens (tertiary/aromatic N) is 2. The molecular formula is C6H10N2O. The zero-order chi connectivity index (χ0) is 6.48. The SMILES string of the molecule is C[C@]12C[C@H]1CN(N=O)C2. The largest absolute Gasteiger partial charge is 0.260 e. The van der Waals surface area contributed by atoms with Crippen molar-refractivity contribution < 1.29 is 0 Å². The molecule has 2 rings (SSSR count). The highest BCUT2D eigenvalue weighted by Gasteiger charge is 2.56. The number of rotatable bonds is 1. The Balaban J connectivity index is 2.05. The standard InChI is InChI=1S/C6H10N2O/c1-6-2-5(6)3-8(4-6)7-9/h5H,2-4H2,1H3/t5-,6+/m0/s1. The molecule has 0 aromatic heterocycles. The number of hydrogen-bond donors (Lipinski definition) is 0. The minimum atomic E-state index is 0.466. The average Bonchev–Trinajstić information content (AvgIpc) is 2.33. The third-order valence-corrected chi connectivity index (χ3v) is 2.63. The van der Waals surface area contributed by atoms with E-state index in [-0.39, 0.29) is 0 Å². The Labute approximate surface area is 54.0 Å². The molecule has 0 N–H and O–H groups in total. The first kappa shape index (κ1) is 5.21. The third-order valence-electron chi connectivity index (χ3n) is 2.63. The molecular weight excluding hydrogens is 116 g/mol. The van der Waals surface area contributed by atoms with Crippen LogP contribution in [-0.4, -0.2) is 18.1 Å². The van der Waals surface area contributed by atoms with Crippen molar-refractivity contribution in [3.63, 3.8) is 0 Å². The van der Waals surface area contributed by atoms with E-state index in [2.05, 4.69) is 12.2 Å². The molecule has 0 bridgehead atoms. The lowest BCUT2D eigenvalue weighted by Crippen LogP contribution is -2.16. The van der Waals surface area contributed by atoms with Crippen LogP contribution in [0.5, 0.6) is 0 Å². The van der Waals surface area contributed by atoms with E-state index in [0.717, 1.165) is 19.0 Å². The van der Waals surface area contributed by atoms with Crippen LogP contribution in [0.4, 0.5) is 0 Å². The second-order valence-corrected chi connectivity index (χ2v) is 3.48. The van der Waals surface area contributed by atoms with E-state index in [1.54, 1.807) is 5.01 Å². The molecule has 0 spiro atoms. The molecule has 2 fully saturated rings. The van der Waals surface area contributed by atoms with Crippen LogP contribution >= 0.6 is 0 Å². The van der Waals surface area contributed by atoms with Crippen LogP contribution in [0.2, 0.25) is 0 Å². The highest BCUT2D eigenvalue weighted by atomic mass is 16.3. The first-order valence-corrected chi connectivity index (χ1v) is 3.33. The summed E-state index contributed by atoms with van der Waals surface area (Å²) in [5.74, 6) is 0.773. The summed E-state index contributed by atoms with van der Waals surface area (Å²) < 4.78 is 0. The molecule has 0 unspecified atom stereocenters. The van der Waals surface area contributed by atoms with Gasteiger partial charge in [-0.3, -0.25) is 5.01 Å². The van der Waals surface area contributed by atoms with Gasteiger partial charge in [-0.2, -0.15) is 0 Å². The quantitative estimate of drug-likeness (QED) is 0.491. The van der Waals surface area contributed by atoms with Crippen molar-refractivity contribution in [2.24, 2.45) is 16.6 Å². The lowest BCUT2D eigenvalue weighted by atomic mass is 10.1. The molecule has 9 heavy (non-hydrogen) atoms. The van der Waals surface area contributed by atoms with Gasteiger partial charge >= 0.3 is 0 Å². The molecule has 2 aliphatic rings. The van der Waals surface area contributed by atoms with Crippen LogP contribution in [0.1, 0.15) is 13.3 Å². The van der Waals surface area contributed by atoms with Crippen LogP contribution in [0.3, 0.4) is 0 Å². The van der Waals surface area contributed by atoms with Gasteiger partial charge in [0.1, 0.15) is 0 Å². The number of fused-ring (bicyclic) bond motifs is 1. The predicted octanol–water partition coefficient (Wildman–Crippen LogP) is 1.01. The van der Waals surface area contributed by atoms with Crippen molar-refractivity contribution in [3.8, 4) is 0 Å². The van der Waals surface area contributed by atoms with Gasteiger partial charge in [0.25, 0.3) is 0 Å². The molecule has 0 amide bonds. The molecule has 0 aromatic rings. The van der Waals surface area contributed by atoms with Crippen LogP contribution in [0.25, 0.3) is 0 Å². The van der Waals surface area contributed by atoms with E-state index < -0.39 is 0 Å². The second-order valence-electron chi connectivity index (χ2n) is 3.48. The van der Waals surface area contributed by atoms with Gasteiger partial charge in [0.05, 0.1) is 5.29 Å². The van der Waals surface area contributed by atoms with Crippen molar-refractivity contribution >= 4 is 0 Å². The van der Waals surface area contributed by atoms with Gasteiger partial charge in [0.2, 0.25) is 0 Å². The Bertz CT molecular complexity index is 159. The summed E-state index contributed by atoms with van der Waals surface area (Å²) in [6.45, 7) is 4.02. The normalized spacial score (nSPS) is 46.8. The lowest BCUT2D eigenvalue weighted by molar-refractivity contribution is 0.297. The monoisotopic (exact) mass is 126 g/mol. The number of piperidine rings is 1. The minimum absolute atomic E-state index is 0.466. The van der Waals surface area contributed by atoms with Crippen LogP contribution in [0.15, 0.2) is 5.29 Å². The van der Waals surface area contributed by atoms with E-state index in [9.17, 15) is 4.91 Å². The van der Waals surface area contributed by atoms with E-state index in [4.69, 9.17) is 0 Å². The van der Waals surface area contributed by atoms with E-state index >= 15 is 0 Å². The third kappa shape index (κ3) is 0.573. The molecule has 3 nitrogen and oxygen atoms in total. The highest BCUT2D eigenvalue weighted by Crippen LogP contribution is 2.57. The molecule has 50 valence electrons. The van der Waals surface area contributed by atoms with Gasteiger partial charge in [0.15, 0.2) is 0 Å². The molecule has 3 heteroatoms. The molecule has 0 aromatic carbocycles. The summed E-state index contributed by atoms with van der Waals surface area (Å²) in [6.07, 6.45) is 1.30. The zero-order valence-corrected chi connectivity index (χ0v) is 5.50. The summed E-state index contributed by atoms with van der Waals surface area (Å²) in [5.41, 5.74) is 0.466. The van der Waals surface area contributed by atoms with Gasteiger partial charge in [-0.15, -0.1) is 4.91 Å². The zero-order valence-electron chi connectivity index (χ0n) is 5.50. The fraction of sp³-hybridized carbons (Fsp3) is 1.00. The van der Waals surface area contributed by atoms with E-state index in [0.29, 0.717) is 5.41 Å². The number of hydrogen-bond acceptors (Lipinski definition) is 2. The average molecular weight is 126 g/mol. The molecule has 1 aliphatic carbocycles. The molecule has 0 radical (unpaired) electrons. The lowest BCUT2D eigenvalue weighted by Gasteiger charge is -2.09. The fourth-order valence-electron chi connectivity index (χ4n) is 1.78. The van der Waals surface area contributed by atoms with Crippen molar-refractivity contribution in [1.29, 1.82) is 0 Å². The van der Waals surface area contributed by atoms with Crippen LogP contribution in [-0.2, 0) is 0 Å². The molecule has 1 heterocycles. The van der Waals surface area contributed by atoms with Gasteiger partial charge in [0, 0.05) is 13.1 Å². The summed E-state index contributed by atoms with van der Waals surface area (Å²) in [4.78, 5) is 9.99. The smallest absolute Gasteiger partial charge is 0.0524 e. The topological polar surface area (TPSA) is 32.7 Å². The van der Waals surface area contributed by atoms with Crippen molar-refractivity contribution in [3.05, 3.63) is 4.91 Å². The van der Waals surface area contributed by atoms with Gasteiger partial charge < -0.3 is 0 Å². The Morgan fingerprint density at radius 3 is 2.89 bits per heavy atom. The maximum atomic E-state index is 9.99. The predicted molar refractivity (Wildman–Crippen MR) is 33.6 cm³/mol. The van der Waals surface area contributed by atoms with Crippen LogP contribution < -0.4 is 0 Å². The Hall–Kier alpha value is -0.600. The van der Waals surface area contributed by atoms with Gasteiger partial charge in [-0.05, 0) is 17.8 Å². The van der Waals surface area contributed by atoms with E-state index in [1.165, 1.54) is 6.42 Å². The first-order chi connectivity index (χ1) is 4.24. The molecule has 1 aliphatic heterocycles. The fourth-order valence-corrected chi connectivity index (χ4v) is 1.78. The summed E-state index contributed by atoms with van der Waals surface area (Å²) in [6, 6.07) is 0.